The molecule has 1 N–H and O–H groups in total. The predicted molar refractivity (Wildman–Crippen MR) is 78.8 cm³/mol. The summed E-state index contributed by atoms with van der Waals surface area (Å²) in [5.41, 5.74) is 0. The topological polar surface area (TPSA) is 29.1 Å². The maximum Gasteiger partial charge on any atom is 0.220 e. The highest BCUT2D eigenvalue weighted by molar-refractivity contribution is 7.99. The van der Waals surface area contributed by atoms with E-state index < -0.39 is 0 Å². The Hall–Kier alpha value is -1.03. The highest BCUT2D eigenvalue weighted by Gasteiger charge is 2.02. The number of amides is 1. The number of hydrogen-bond acceptors (Lipinski definition) is 2. The second-order valence-electron chi connectivity index (χ2n) is 4.94. The SMILES string of the molecule is CC(C)CCCNC(=O)CCSc1ccc(F)cc1. The molecule has 0 aliphatic carbocycles. The summed E-state index contributed by atoms with van der Waals surface area (Å²) in [5.74, 6) is 1.28. The molecular formula is C15H22FNOS. The van der Waals surface area contributed by atoms with E-state index in [0.717, 1.165) is 30.0 Å². The molecule has 4 heteroatoms. The van der Waals surface area contributed by atoms with Crippen molar-refractivity contribution in [3.63, 3.8) is 0 Å². The fourth-order valence-corrected chi connectivity index (χ4v) is 2.47. The highest BCUT2D eigenvalue weighted by Crippen LogP contribution is 2.18. The third kappa shape index (κ3) is 7.88. The summed E-state index contributed by atoms with van der Waals surface area (Å²) in [6.07, 6.45) is 2.68. The maximum absolute atomic E-state index is 12.7. The van der Waals surface area contributed by atoms with E-state index in [0.29, 0.717) is 12.3 Å². The van der Waals surface area contributed by atoms with Gasteiger partial charge in [0.1, 0.15) is 5.82 Å². The Morgan fingerprint density at radius 1 is 1.32 bits per heavy atom. The number of hydrogen-bond donors (Lipinski definition) is 1. The first-order chi connectivity index (χ1) is 9.08. The van der Waals surface area contributed by atoms with E-state index in [1.807, 2.05) is 0 Å². The number of rotatable bonds is 8. The first-order valence-electron chi connectivity index (χ1n) is 6.73. The van der Waals surface area contributed by atoms with Gasteiger partial charge in [-0.2, -0.15) is 0 Å². The molecule has 0 bridgehead atoms. The van der Waals surface area contributed by atoms with Gasteiger partial charge < -0.3 is 5.32 Å². The normalized spacial score (nSPS) is 10.7. The Balaban J connectivity index is 2.08. The van der Waals surface area contributed by atoms with Gasteiger partial charge in [-0.3, -0.25) is 4.79 Å². The molecule has 0 heterocycles. The van der Waals surface area contributed by atoms with Crippen LogP contribution in [0.3, 0.4) is 0 Å². The molecule has 1 aromatic carbocycles. The Labute approximate surface area is 119 Å². The van der Waals surface area contributed by atoms with Crippen molar-refractivity contribution in [3.05, 3.63) is 30.1 Å². The summed E-state index contributed by atoms with van der Waals surface area (Å²) >= 11 is 1.57. The average molecular weight is 283 g/mol. The molecule has 19 heavy (non-hydrogen) atoms. The van der Waals surface area contributed by atoms with Gasteiger partial charge in [0.15, 0.2) is 0 Å². The second-order valence-corrected chi connectivity index (χ2v) is 6.11. The zero-order valence-electron chi connectivity index (χ0n) is 11.6. The van der Waals surface area contributed by atoms with Crippen molar-refractivity contribution in [1.82, 2.24) is 5.32 Å². The van der Waals surface area contributed by atoms with E-state index in [9.17, 15) is 9.18 Å². The van der Waals surface area contributed by atoms with Crippen LogP contribution in [-0.2, 0) is 4.79 Å². The molecule has 2 nitrogen and oxygen atoms in total. The zero-order chi connectivity index (χ0) is 14.1. The van der Waals surface area contributed by atoms with E-state index in [1.54, 1.807) is 23.9 Å². The minimum Gasteiger partial charge on any atom is -0.356 e. The molecule has 1 aromatic rings. The molecule has 0 aliphatic rings. The number of halogens is 1. The van der Waals surface area contributed by atoms with Crippen molar-refractivity contribution in [2.24, 2.45) is 5.92 Å². The van der Waals surface area contributed by atoms with Crippen molar-refractivity contribution in [2.45, 2.75) is 38.0 Å². The van der Waals surface area contributed by atoms with Crippen LogP contribution in [0.25, 0.3) is 0 Å². The van der Waals surface area contributed by atoms with Crippen LogP contribution in [0.15, 0.2) is 29.2 Å². The summed E-state index contributed by atoms with van der Waals surface area (Å²) in [7, 11) is 0. The second kappa shape index (κ2) is 8.97. The third-order valence-electron chi connectivity index (χ3n) is 2.69. The molecule has 106 valence electrons. The van der Waals surface area contributed by atoms with Gasteiger partial charge in [-0.15, -0.1) is 11.8 Å². The molecule has 1 rings (SSSR count). The number of carbonyl (C=O) groups is 1. The molecule has 0 aliphatic heterocycles. The fraction of sp³-hybridized carbons (Fsp3) is 0.533. The van der Waals surface area contributed by atoms with Crippen LogP contribution < -0.4 is 5.32 Å². The van der Waals surface area contributed by atoms with E-state index in [4.69, 9.17) is 0 Å². The van der Waals surface area contributed by atoms with Crippen LogP contribution in [0.1, 0.15) is 33.1 Å². The predicted octanol–water partition coefficient (Wildman–Crippen LogP) is 3.86. The lowest BCUT2D eigenvalue weighted by Gasteiger charge is -2.06. The largest absolute Gasteiger partial charge is 0.356 e. The van der Waals surface area contributed by atoms with Crippen molar-refractivity contribution in [1.29, 1.82) is 0 Å². The average Bonchev–Trinajstić information content (AvgIpc) is 2.37. The van der Waals surface area contributed by atoms with Crippen molar-refractivity contribution in [3.8, 4) is 0 Å². The van der Waals surface area contributed by atoms with Crippen LogP contribution in [0.4, 0.5) is 4.39 Å². The minimum atomic E-state index is -0.229. The smallest absolute Gasteiger partial charge is 0.220 e. The lowest BCUT2D eigenvalue weighted by molar-refractivity contribution is -0.120. The van der Waals surface area contributed by atoms with Gasteiger partial charge >= 0.3 is 0 Å². The number of nitrogens with one attached hydrogen (secondary N) is 1. The van der Waals surface area contributed by atoms with E-state index >= 15 is 0 Å². The van der Waals surface area contributed by atoms with Crippen LogP contribution in [-0.4, -0.2) is 18.2 Å². The van der Waals surface area contributed by atoms with Crippen LogP contribution in [0.2, 0.25) is 0 Å². The van der Waals surface area contributed by atoms with Gasteiger partial charge in [-0.05, 0) is 43.0 Å². The maximum atomic E-state index is 12.7. The molecule has 0 saturated carbocycles. The molecule has 1 amide bonds. The van der Waals surface area contributed by atoms with Gasteiger partial charge in [0.2, 0.25) is 5.91 Å². The summed E-state index contributed by atoms with van der Waals surface area (Å²) < 4.78 is 12.7. The van der Waals surface area contributed by atoms with Crippen molar-refractivity contribution >= 4 is 17.7 Å². The van der Waals surface area contributed by atoms with Gasteiger partial charge in [0.05, 0.1) is 0 Å². The van der Waals surface area contributed by atoms with E-state index in [-0.39, 0.29) is 11.7 Å². The molecule has 0 unspecified atom stereocenters. The lowest BCUT2D eigenvalue weighted by Crippen LogP contribution is -2.24. The monoisotopic (exact) mass is 283 g/mol. The summed E-state index contributed by atoms with van der Waals surface area (Å²) in [6, 6.07) is 6.35. The van der Waals surface area contributed by atoms with Crippen LogP contribution >= 0.6 is 11.8 Å². The fourth-order valence-electron chi connectivity index (χ4n) is 1.62. The summed E-state index contributed by atoms with van der Waals surface area (Å²) in [4.78, 5) is 12.5. The molecule has 0 saturated heterocycles. The number of benzene rings is 1. The quantitative estimate of drug-likeness (QED) is 0.580. The first-order valence-corrected chi connectivity index (χ1v) is 7.71. The number of carbonyl (C=O) groups excluding carboxylic acids is 1. The molecular weight excluding hydrogens is 261 g/mol. The van der Waals surface area contributed by atoms with Gasteiger partial charge in [-0.1, -0.05) is 13.8 Å². The Kier molecular flexibility index (Phi) is 7.56. The zero-order valence-corrected chi connectivity index (χ0v) is 12.4. The van der Waals surface area contributed by atoms with Gasteiger partial charge in [0, 0.05) is 23.6 Å². The summed E-state index contributed by atoms with van der Waals surface area (Å²) in [5, 5.41) is 2.92. The molecule has 0 aromatic heterocycles. The highest BCUT2D eigenvalue weighted by atomic mass is 32.2. The molecule has 0 atom stereocenters. The standard InChI is InChI=1S/C15H22FNOS/c1-12(2)4-3-10-17-15(18)9-11-19-14-7-5-13(16)6-8-14/h5-8,12H,3-4,9-11H2,1-2H3,(H,17,18). The minimum absolute atomic E-state index is 0.0957. The lowest BCUT2D eigenvalue weighted by atomic mass is 10.1. The molecule has 0 radical (unpaired) electrons. The van der Waals surface area contributed by atoms with Crippen molar-refractivity contribution in [2.75, 3.05) is 12.3 Å². The summed E-state index contributed by atoms with van der Waals surface area (Å²) in [6.45, 7) is 5.13. The van der Waals surface area contributed by atoms with Gasteiger partial charge in [-0.25, -0.2) is 4.39 Å². The van der Waals surface area contributed by atoms with Crippen LogP contribution in [0, 0.1) is 11.7 Å². The third-order valence-corrected chi connectivity index (χ3v) is 3.71. The van der Waals surface area contributed by atoms with E-state index in [2.05, 4.69) is 19.2 Å². The van der Waals surface area contributed by atoms with Crippen molar-refractivity contribution < 1.29 is 9.18 Å². The molecule has 0 fully saturated rings. The first kappa shape index (κ1) is 16.0. The van der Waals surface area contributed by atoms with Crippen LogP contribution in [0.5, 0.6) is 0 Å². The number of thioether (sulfide) groups is 1. The van der Waals surface area contributed by atoms with E-state index in [1.165, 1.54) is 12.1 Å². The molecule has 0 spiro atoms. The Morgan fingerprint density at radius 3 is 2.63 bits per heavy atom. The Bertz CT molecular complexity index is 378. The Morgan fingerprint density at radius 2 is 2.00 bits per heavy atom. The van der Waals surface area contributed by atoms with Gasteiger partial charge in [0.25, 0.3) is 0 Å².